The fraction of sp³-hybridized carbons (Fsp3) is 0.267. The van der Waals surface area contributed by atoms with E-state index in [1.54, 1.807) is 29.8 Å². The van der Waals surface area contributed by atoms with Crippen LogP contribution in [0.15, 0.2) is 41.8 Å². The van der Waals surface area contributed by atoms with E-state index < -0.39 is 10.0 Å². The highest BCUT2D eigenvalue weighted by molar-refractivity contribution is 7.89. The second kappa shape index (κ2) is 6.84. The van der Waals surface area contributed by atoms with Crippen LogP contribution in [0.2, 0.25) is 5.02 Å². The van der Waals surface area contributed by atoms with E-state index in [0.29, 0.717) is 35.8 Å². The van der Waals surface area contributed by atoms with Gasteiger partial charge in [-0.2, -0.15) is 10.1 Å². The van der Waals surface area contributed by atoms with E-state index in [2.05, 4.69) is 19.8 Å². The van der Waals surface area contributed by atoms with Crippen molar-refractivity contribution in [3.8, 4) is 0 Å². The highest BCUT2D eigenvalue weighted by Crippen LogP contribution is 2.19. The average Bonchev–Trinajstić information content (AvgIpc) is 3.01. The molecule has 0 spiro atoms. The van der Waals surface area contributed by atoms with Gasteiger partial charge in [0, 0.05) is 24.0 Å². The number of halogens is 1. The molecule has 24 heavy (non-hydrogen) atoms. The van der Waals surface area contributed by atoms with Crippen molar-refractivity contribution in [3.05, 3.63) is 53.1 Å². The molecule has 0 aliphatic heterocycles. The van der Waals surface area contributed by atoms with Crippen LogP contribution >= 0.6 is 11.6 Å². The molecule has 0 bridgehead atoms. The molecule has 9 heteroatoms. The Labute approximate surface area is 144 Å². The van der Waals surface area contributed by atoms with Gasteiger partial charge in [0.15, 0.2) is 0 Å². The molecule has 0 atom stereocenters. The Bertz CT molecular complexity index is 971. The van der Waals surface area contributed by atoms with Crippen molar-refractivity contribution in [1.82, 2.24) is 24.3 Å². The Morgan fingerprint density at radius 2 is 2.12 bits per heavy atom. The molecule has 126 valence electrons. The van der Waals surface area contributed by atoms with Gasteiger partial charge < -0.3 is 0 Å². The third-order valence-corrected chi connectivity index (χ3v) is 5.40. The van der Waals surface area contributed by atoms with E-state index >= 15 is 0 Å². The number of aromatic nitrogens is 4. The molecule has 0 fully saturated rings. The maximum Gasteiger partial charge on any atom is 0.252 e. The molecule has 2 heterocycles. The zero-order valence-electron chi connectivity index (χ0n) is 13.0. The molecule has 0 saturated carbocycles. The van der Waals surface area contributed by atoms with Gasteiger partial charge in [0.05, 0.1) is 4.90 Å². The third-order valence-electron chi connectivity index (χ3n) is 3.56. The van der Waals surface area contributed by atoms with Crippen LogP contribution < -0.4 is 4.72 Å². The molecule has 3 aromatic rings. The minimum absolute atomic E-state index is 0.209. The first-order chi connectivity index (χ1) is 11.5. The van der Waals surface area contributed by atoms with Crippen molar-refractivity contribution in [2.75, 3.05) is 6.54 Å². The van der Waals surface area contributed by atoms with Crippen molar-refractivity contribution in [2.45, 2.75) is 24.7 Å². The summed E-state index contributed by atoms with van der Waals surface area (Å²) in [5.41, 5.74) is 1.62. The monoisotopic (exact) mass is 365 g/mol. The zero-order valence-corrected chi connectivity index (χ0v) is 14.5. The first-order valence-electron chi connectivity index (χ1n) is 7.36. The van der Waals surface area contributed by atoms with E-state index in [0.717, 1.165) is 5.56 Å². The van der Waals surface area contributed by atoms with Crippen LogP contribution in [0.1, 0.15) is 17.5 Å². The minimum Gasteiger partial charge on any atom is -0.219 e. The Morgan fingerprint density at radius 3 is 2.96 bits per heavy atom. The smallest absolute Gasteiger partial charge is 0.219 e. The summed E-state index contributed by atoms with van der Waals surface area (Å²) < 4.78 is 28.9. The molecule has 0 amide bonds. The molecule has 0 aliphatic carbocycles. The number of nitrogens with zero attached hydrogens (tertiary/aromatic N) is 4. The number of fused-ring (bicyclic) bond motifs is 1. The zero-order chi connectivity index (χ0) is 17.2. The topological polar surface area (TPSA) is 89.2 Å². The van der Waals surface area contributed by atoms with Crippen LogP contribution in [0.4, 0.5) is 0 Å². The van der Waals surface area contributed by atoms with Crippen LogP contribution in [0, 0.1) is 6.92 Å². The van der Waals surface area contributed by atoms with Gasteiger partial charge in [0.1, 0.15) is 6.33 Å². The lowest BCUT2D eigenvalue weighted by Gasteiger charge is -2.09. The summed E-state index contributed by atoms with van der Waals surface area (Å²) in [6.45, 7) is 2.06. The van der Waals surface area contributed by atoms with E-state index in [1.807, 2.05) is 6.20 Å². The summed E-state index contributed by atoms with van der Waals surface area (Å²) in [4.78, 5) is 8.36. The Hall–Kier alpha value is -2.03. The third kappa shape index (κ3) is 3.72. The summed E-state index contributed by atoms with van der Waals surface area (Å²) in [6, 6.07) is 4.82. The number of sulfonamides is 1. The van der Waals surface area contributed by atoms with Crippen LogP contribution in [0.25, 0.3) is 5.78 Å². The second-order valence-electron chi connectivity index (χ2n) is 5.38. The maximum atomic E-state index is 12.4. The van der Waals surface area contributed by atoms with Crippen molar-refractivity contribution < 1.29 is 8.42 Å². The first-order valence-corrected chi connectivity index (χ1v) is 9.22. The van der Waals surface area contributed by atoms with Crippen molar-refractivity contribution in [2.24, 2.45) is 0 Å². The fourth-order valence-corrected chi connectivity index (χ4v) is 3.91. The Kier molecular flexibility index (Phi) is 4.79. The number of benzene rings is 1. The standard InChI is InChI=1S/C15H16ClN5O2S/c1-11-4-5-13(16)7-14(11)24(22,23)20-6-2-3-12-8-17-15-18-10-19-21(15)9-12/h4-5,7-10,20H,2-3,6H2,1H3. The van der Waals surface area contributed by atoms with Gasteiger partial charge in [-0.15, -0.1) is 0 Å². The van der Waals surface area contributed by atoms with Gasteiger partial charge >= 0.3 is 0 Å². The Morgan fingerprint density at radius 1 is 1.29 bits per heavy atom. The SMILES string of the molecule is Cc1ccc(Cl)cc1S(=O)(=O)NCCCc1cnc2ncnn2c1. The van der Waals surface area contributed by atoms with Crippen molar-refractivity contribution in [3.63, 3.8) is 0 Å². The van der Waals surface area contributed by atoms with E-state index in [-0.39, 0.29) is 4.90 Å². The summed E-state index contributed by atoms with van der Waals surface area (Å²) in [5, 5.41) is 4.42. The van der Waals surface area contributed by atoms with Crippen LogP contribution in [-0.4, -0.2) is 34.5 Å². The highest BCUT2D eigenvalue weighted by atomic mass is 35.5. The summed E-state index contributed by atoms with van der Waals surface area (Å²) in [6.07, 6.45) is 6.32. The number of nitrogens with one attached hydrogen (secondary N) is 1. The van der Waals surface area contributed by atoms with E-state index in [1.165, 1.54) is 12.4 Å². The van der Waals surface area contributed by atoms with Crippen LogP contribution in [0.5, 0.6) is 0 Å². The summed E-state index contributed by atoms with van der Waals surface area (Å²) >= 11 is 5.89. The Balaban J connectivity index is 1.60. The molecule has 7 nitrogen and oxygen atoms in total. The maximum absolute atomic E-state index is 12.4. The molecule has 1 N–H and O–H groups in total. The lowest BCUT2D eigenvalue weighted by molar-refractivity contribution is 0.578. The van der Waals surface area contributed by atoms with Gasteiger partial charge in [0.25, 0.3) is 5.78 Å². The quantitative estimate of drug-likeness (QED) is 0.675. The van der Waals surface area contributed by atoms with Gasteiger partial charge in [-0.1, -0.05) is 17.7 Å². The molecule has 0 radical (unpaired) electrons. The number of hydrogen-bond acceptors (Lipinski definition) is 5. The van der Waals surface area contributed by atoms with Gasteiger partial charge in [-0.3, -0.25) is 0 Å². The predicted molar refractivity (Wildman–Crippen MR) is 90.5 cm³/mol. The number of hydrogen-bond donors (Lipinski definition) is 1. The average molecular weight is 366 g/mol. The minimum atomic E-state index is -3.57. The molecule has 3 rings (SSSR count). The van der Waals surface area contributed by atoms with Crippen LogP contribution in [-0.2, 0) is 16.4 Å². The molecule has 0 aliphatic rings. The normalized spacial score (nSPS) is 11.9. The van der Waals surface area contributed by atoms with Crippen molar-refractivity contribution in [1.29, 1.82) is 0 Å². The van der Waals surface area contributed by atoms with Crippen molar-refractivity contribution >= 4 is 27.4 Å². The predicted octanol–water partition coefficient (Wildman–Crippen LogP) is 2.00. The molecular weight excluding hydrogens is 350 g/mol. The first kappa shape index (κ1) is 16.8. The number of rotatable bonds is 6. The molecule has 2 aromatic heterocycles. The molecular formula is C15H16ClN5O2S. The second-order valence-corrected chi connectivity index (χ2v) is 7.55. The lowest BCUT2D eigenvalue weighted by Crippen LogP contribution is -2.25. The largest absolute Gasteiger partial charge is 0.252 e. The summed E-state index contributed by atoms with van der Waals surface area (Å²) in [5.74, 6) is 0.538. The molecule has 0 unspecified atom stereocenters. The van der Waals surface area contributed by atoms with Gasteiger partial charge in [-0.25, -0.2) is 22.6 Å². The van der Waals surface area contributed by atoms with Crippen LogP contribution in [0.3, 0.4) is 0 Å². The molecule has 0 saturated heterocycles. The van der Waals surface area contributed by atoms with E-state index in [4.69, 9.17) is 11.6 Å². The lowest BCUT2D eigenvalue weighted by atomic mass is 10.2. The number of aryl methyl sites for hydroxylation is 2. The molecule has 1 aromatic carbocycles. The highest BCUT2D eigenvalue weighted by Gasteiger charge is 2.16. The van der Waals surface area contributed by atoms with E-state index in [9.17, 15) is 8.42 Å². The summed E-state index contributed by atoms with van der Waals surface area (Å²) in [7, 11) is -3.57. The van der Waals surface area contributed by atoms with Gasteiger partial charge in [-0.05, 0) is 43.0 Å². The fourth-order valence-electron chi connectivity index (χ4n) is 2.33. The van der Waals surface area contributed by atoms with Gasteiger partial charge in [0.2, 0.25) is 10.0 Å².